The molecule has 3 rings (SSSR count). The van der Waals surface area contributed by atoms with E-state index in [0.717, 1.165) is 5.56 Å². The van der Waals surface area contributed by atoms with Crippen molar-refractivity contribution < 1.29 is 18.3 Å². The fourth-order valence-electron chi connectivity index (χ4n) is 3.12. The maximum Gasteiger partial charge on any atom is 0.264 e. The highest BCUT2D eigenvalue weighted by atomic mass is 35.5. The summed E-state index contributed by atoms with van der Waals surface area (Å²) in [5, 5.41) is 13.5. The van der Waals surface area contributed by atoms with Crippen LogP contribution in [0.2, 0.25) is 5.02 Å². The second kappa shape index (κ2) is 10.6. The molecular weight excluding hydrogens is 448 g/mol. The molecule has 1 unspecified atom stereocenters. The van der Waals surface area contributed by atoms with E-state index in [1.165, 1.54) is 4.31 Å². The Hall–Kier alpha value is -2.87. The van der Waals surface area contributed by atoms with Crippen molar-refractivity contribution in [2.75, 3.05) is 17.4 Å². The minimum atomic E-state index is -3.85. The summed E-state index contributed by atoms with van der Waals surface area (Å²) in [6.45, 7) is 1.85. The average Bonchev–Trinajstić information content (AvgIpc) is 2.79. The molecule has 1 amide bonds. The van der Waals surface area contributed by atoms with E-state index in [1.54, 1.807) is 78.9 Å². The first-order valence-corrected chi connectivity index (χ1v) is 11.9. The molecule has 0 aliphatic heterocycles. The Balaban J connectivity index is 1.68. The van der Waals surface area contributed by atoms with Crippen molar-refractivity contribution in [3.05, 3.63) is 95.0 Å². The lowest BCUT2D eigenvalue weighted by Crippen LogP contribution is -2.36. The van der Waals surface area contributed by atoms with E-state index in [0.29, 0.717) is 16.3 Å². The molecule has 8 heteroatoms. The summed E-state index contributed by atoms with van der Waals surface area (Å²) >= 11 is 5.85. The van der Waals surface area contributed by atoms with Gasteiger partial charge in [0.1, 0.15) is 0 Å². The van der Waals surface area contributed by atoms with Gasteiger partial charge in [-0.3, -0.25) is 9.10 Å². The second-order valence-electron chi connectivity index (χ2n) is 7.35. The van der Waals surface area contributed by atoms with Crippen LogP contribution in [-0.4, -0.2) is 32.5 Å². The molecule has 0 heterocycles. The van der Waals surface area contributed by atoms with Gasteiger partial charge in [0.15, 0.2) is 0 Å². The van der Waals surface area contributed by atoms with Gasteiger partial charge in [-0.05, 0) is 48.9 Å². The lowest BCUT2D eigenvalue weighted by Gasteiger charge is -2.24. The van der Waals surface area contributed by atoms with E-state index in [9.17, 15) is 18.3 Å². The number of carbonyl (C=O) groups excluding carboxylic acids is 1. The summed E-state index contributed by atoms with van der Waals surface area (Å²) in [6.07, 6.45) is -0.953. The number of nitrogens with one attached hydrogen (secondary N) is 1. The molecule has 0 bridgehead atoms. The molecular formula is C24H25ClN2O4S. The third kappa shape index (κ3) is 6.09. The summed E-state index contributed by atoms with van der Waals surface area (Å²) in [6, 6.07) is 22.0. The number of para-hydroxylation sites is 1. The van der Waals surface area contributed by atoms with Crippen LogP contribution in [0.15, 0.2) is 83.8 Å². The normalized spacial score (nSPS) is 12.2. The number of aliphatic hydroxyl groups is 1. The van der Waals surface area contributed by atoms with Gasteiger partial charge in [-0.25, -0.2) is 8.42 Å². The number of aryl methyl sites for hydroxylation is 1. The van der Waals surface area contributed by atoms with Crippen LogP contribution in [0.25, 0.3) is 0 Å². The molecule has 6 nitrogen and oxygen atoms in total. The summed E-state index contributed by atoms with van der Waals surface area (Å²) in [5.74, 6) is -0.363. The molecule has 3 aromatic carbocycles. The molecule has 0 radical (unpaired) electrons. The molecule has 3 aromatic rings. The maximum absolute atomic E-state index is 13.3. The Bertz CT molecular complexity index is 1130. The zero-order valence-electron chi connectivity index (χ0n) is 17.6. The van der Waals surface area contributed by atoms with Gasteiger partial charge < -0.3 is 10.4 Å². The van der Waals surface area contributed by atoms with Crippen molar-refractivity contribution >= 4 is 33.2 Å². The van der Waals surface area contributed by atoms with Crippen LogP contribution >= 0.6 is 11.6 Å². The van der Waals surface area contributed by atoms with Crippen LogP contribution in [0.5, 0.6) is 0 Å². The van der Waals surface area contributed by atoms with Crippen LogP contribution in [0, 0.1) is 6.92 Å². The number of nitrogens with zero attached hydrogens (tertiary/aromatic N) is 1. The minimum Gasteiger partial charge on any atom is -0.387 e. The first-order valence-electron chi connectivity index (χ1n) is 10.1. The van der Waals surface area contributed by atoms with Crippen molar-refractivity contribution in [1.82, 2.24) is 5.32 Å². The number of rotatable bonds is 9. The quantitative estimate of drug-likeness (QED) is 0.491. The highest BCUT2D eigenvalue weighted by Crippen LogP contribution is 2.24. The molecule has 0 aromatic heterocycles. The molecule has 1 atom stereocenters. The molecule has 0 spiro atoms. The van der Waals surface area contributed by atoms with E-state index >= 15 is 0 Å². The van der Waals surface area contributed by atoms with Crippen LogP contribution < -0.4 is 9.62 Å². The van der Waals surface area contributed by atoms with Gasteiger partial charge in [-0.1, -0.05) is 59.6 Å². The number of benzene rings is 3. The molecule has 0 fully saturated rings. The summed E-state index contributed by atoms with van der Waals surface area (Å²) in [7, 11) is -3.85. The van der Waals surface area contributed by atoms with Gasteiger partial charge in [-0.2, -0.15) is 0 Å². The number of amides is 1. The maximum atomic E-state index is 13.3. The predicted octanol–water partition coefficient (Wildman–Crippen LogP) is 4.08. The lowest BCUT2D eigenvalue weighted by molar-refractivity contribution is -0.121. The predicted molar refractivity (Wildman–Crippen MR) is 126 cm³/mol. The first kappa shape index (κ1) is 23.8. The molecule has 2 N–H and O–H groups in total. The third-order valence-corrected chi connectivity index (χ3v) is 7.04. The van der Waals surface area contributed by atoms with E-state index in [2.05, 4.69) is 5.32 Å². The number of halogens is 1. The first-order chi connectivity index (χ1) is 15.3. The SMILES string of the molecule is Cc1ccc(S(=O)(=O)N(CCC(=O)NCC(O)c2ccc(Cl)cc2)c2ccccc2)cc1. The number of aliphatic hydroxyl groups excluding tert-OH is 1. The van der Waals surface area contributed by atoms with Crippen LogP contribution in [-0.2, 0) is 14.8 Å². The third-order valence-electron chi connectivity index (χ3n) is 4.94. The van der Waals surface area contributed by atoms with Gasteiger partial charge in [0.2, 0.25) is 5.91 Å². The standard InChI is InChI=1S/C24H25ClN2O4S/c1-18-7-13-22(14-8-18)32(30,31)27(21-5-3-2-4-6-21)16-15-24(29)26-17-23(28)19-9-11-20(25)12-10-19/h2-14,23,28H,15-17H2,1H3,(H,26,29). The van der Waals surface area contributed by atoms with Gasteiger partial charge in [0, 0.05) is 24.5 Å². The minimum absolute atomic E-state index is 0.0104. The van der Waals surface area contributed by atoms with Crippen molar-refractivity contribution in [3.63, 3.8) is 0 Å². The fourth-order valence-corrected chi connectivity index (χ4v) is 4.72. The number of sulfonamides is 1. The molecule has 0 saturated carbocycles. The Morgan fingerprint density at radius 1 is 1.00 bits per heavy atom. The van der Waals surface area contributed by atoms with Crippen molar-refractivity contribution in [1.29, 1.82) is 0 Å². The van der Waals surface area contributed by atoms with Crippen LogP contribution in [0.1, 0.15) is 23.7 Å². The highest BCUT2D eigenvalue weighted by molar-refractivity contribution is 7.92. The zero-order chi connectivity index (χ0) is 23.1. The van der Waals surface area contributed by atoms with Gasteiger partial charge in [0.25, 0.3) is 10.0 Å². The molecule has 32 heavy (non-hydrogen) atoms. The summed E-state index contributed by atoms with van der Waals surface area (Å²) in [5.41, 5.74) is 2.05. The molecule has 168 valence electrons. The molecule has 0 aliphatic rings. The average molecular weight is 473 g/mol. The van der Waals surface area contributed by atoms with Gasteiger partial charge in [-0.15, -0.1) is 0 Å². The molecule has 0 aliphatic carbocycles. The van der Waals surface area contributed by atoms with Crippen molar-refractivity contribution in [2.24, 2.45) is 0 Å². The largest absolute Gasteiger partial charge is 0.387 e. The number of carbonyl (C=O) groups is 1. The van der Waals surface area contributed by atoms with Crippen molar-refractivity contribution in [3.8, 4) is 0 Å². The second-order valence-corrected chi connectivity index (χ2v) is 9.65. The Kier molecular flexibility index (Phi) is 7.90. The van der Waals surface area contributed by atoms with E-state index in [4.69, 9.17) is 11.6 Å². The van der Waals surface area contributed by atoms with Gasteiger partial charge in [0.05, 0.1) is 16.7 Å². The van der Waals surface area contributed by atoms with E-state index in [-0.39, 0.29) is 30.3 Å². The number of hydrogen-bond acceptors (Lipinski definition) is 4. The summed E-state index contributed by atoms with van der Waals surface area (Å²) in [4.78, 5) is 12.6. The van der Waals surface area contributed by atoms with Crippen molar-refractivity contribution in [2.45, 2.75) is 24.3 Å². The van der Waals surface area contributed by atoms with Crippen LogP contribution in [0.3, 0.4) is 0 Å². The van der Waals surface area contributed by atoms with Crippen LogP contribution in [0.4, 0.5) is 5.69 Å². The monoisotopic (exact) mass is 472 g/mol. The molecule has 0 saturated heterocycles. The Labute approximate surface area is 193 Å². The van der Waals surface area contributed by atoms with Gasteiger partial charge >= 0.3 is 0 Å². The Morgan fingerprint density at radius 2 is 1.62 bits per heavy atom. The van der Waals surface area contributed by atoms with E-state index < -0.39 is 16.1 Å². The zero-order valence-corrected chi connectivity index (χ0v) is 19.2. The summed E-state index contributed by atoms with van der Waals surface area (Å²) < 4.78 is 27.8. The van der Waals surface area contributed by atoms with E-state index in [1.807, 2.05) is 6.92 Å². The smallest absolute Gasteiger partial charge is 0.264 e. The number of anilines is 1. The lowest BCUT2D eigenvalue weighted by atomic mass is 10.1. The Morgan fingerprint density at radius 3 is 2.25 bits per heavy atom. The topological polar surface area (TPSA) is 86.7 Å². The fraction of sp³-hybridized carbons (Fsp3) is 0.208. The number of hydrogen-bond donors (Lipinski definition) is 2. The highest BCUT2D eigenvalue weighted by Gasteiger charge is 2.25.